The van der Waals surface area contributed by atoms with Crippen LogP contribution in [-0.2, 0) is 0 Å². The van der Waals surface area contributed by atoms with Gasteiger partial charge >= 0.3 is 0 Å². The van der Waals surface area contributed by atoms with Crippen molar-refractivity contribution in [2.45, 2.75) is 19.8 Å². The van der Waals surface area contributed by atoms with Crippen molar-refractivity contribution in [3.8, 4) is 5.13 Å². The highest BCUT2D eigenvalue weighted by molar-refractivity contribution is 7.12. The Balaban J connectivity index is 1.71. The van der Waals surface area contributed by atoms with E-state index in [0.29, 0.717) is 5.92 Å². The normalized spacial score (nSPS) is 16.3. The minimum Gasteiger partial charge on any atom is -0.356 e. The second kappa shape index (κ2) is 5.90. The van der Waals surface area contributed by atoms with Crippen molar-refractivity contribution in [3.05, 3.63) is 29.7 Å². The lowest BCUT2D eigenvalue weighted by atomic mass is 9.97. The second-order valence-corrected chi connectivity index (χ2v) is 6.89. The van der Waals surface area contributed by atoms with Crippen LogP contribution in [0.25, 0.3) is 16.2 Å². The van der Waals surface area contributed by atoms with Gasteiger partial charge in [0.1, 0.15) is 12.1 Å². The zero-order valence-electron chi connectivity index (χ0n) is 13.1. The van der Waals surface area contributed by atoms with Gasteiger partial charge in [0.15, 0.2) is 10.8 Å². The van der Waals surface area contributed by atoms with Gasteiger partial charge in [0.2, 0.25) is 0 Å². The third kappa shape index (κ3) is 2.60. The molecule has 7 heteroatoms. The number of anilines is 1. The third-order valence-corrected chi connectivity index (χ3v) is 5.48. The van der Waals surface area contributed by atoms with Crippen LogP contribution in [0.5, 0.6) is 0 Å². The molecule has 0 amide bonds. The lowest BCUT2D eigenvalue weighted by molar-refractivity contribution is 0.413. The van der Waals surface area contributed by atoms with Crippen LogP contribution in [0.2, 0.25) is 0 Å². The van der Waals surface area contributed by atoms with Crippen molar-refractivity contribution >= 4 is 28.2 Å². The molecule has 3 aromatic rings. The third-order valence-electron chi connectivity index (χ3n) is 4.52. The number of thiazole rings is 1. The average molecular weight is 328 g/mol. The molecule has 1 fully saturated rings. The molecule has 0 aromatic carbocycles. The Bertz CT molecular complexity index is 815. The summed E-state index contributed by atoms with van der Waals surface area (Å²) in [6, 6.07) is 2.09. The van der Waals surface area contributed by atoms with Crippen LogP contribution in [0.4, 0.5) is 5.82 Å². The number of aromatic nitrogens is 4. The lowest BCUT2D eigenvalue weighted by Crippen LogP contribution is -2.36. The Labute approximate surface area is 139 Å². The SMILES string of the molecule is Cc1csc(-n2ccc3c(N4CCC(CN)CC4)ncnc32)n1. The van der Waals surface area contributed by atoms with Crippen LogP contribution in [0, 0.1) is 12.8 Å². The first-order chi connectivity index (χ1) is 11.3. The zero-order chi connectivity index (χ0) is 15.8. The smallest absolute Gasteiger partial charge is 0.195 e. The van der Waals surface area contributed by atoms with Crippen molar-refractivity contribution in [1.82, 2.24) is 19.5 Å². The molecule has 3 aromatic heterocycles. The number of piperidine rings is 1. The monoisotopic (exact) mass is 328 g/mol. The Morgan fingerprint density at radius 1 is 1.30 bits per heavy atom. The van der Waals surface area contributed by atoms with E-state index in [1.54, 1.807) is 17.7 Å². The van der Waals surface area contributed by atoms with E-state index in [4.69, 9.17) is 5.73 Å². The Kier molecular flexibility index (Phi) is 3.74. The minimum atomic E-state index is 0.645. The van der Waals surface area contributed by atoms with E-state index in [2.05, 4.69) is 31.3 Å². The number of hydrogen-bond acceptors (Lipinski definition) is 6. The number of nitrogens with two attached hydrogens (primary N) is 1. The average Bonchev–Trinajstić information content (AvgIpc) is 3.20. The van der Waals surface area contributed by atoms with Crippen molar-refractivity contribution < 1.29 is 0 Å². The first-order valence-electron chi connectivity index (χ1n) is 7.96. The van der Waals surface area contributed by atoms with Crippen LogP contribution in [-0.4, -0.2) is 39.2 Å². The van der Waals surface area contributed by atoms with Gasteiger partial charge in [0.05, 0.1) is 11.1 Å². The number of aryl methyl sites for hydroxylation is 1. The summed E-state index contributed by atoms with van der Waals surface area (Å²) in [4.78, 5) is 15.9. The zero-order valence-corrected chi connectivity index (χ0v) is 14.0. The highest BCUT2D eigenvalue weighted by Gasteiger charge is 2.22. The Hall–Kier alpha value is -1.99. The molecule has 0 unspecified atom stereocenters. The van der Waals surface area contributed by atoms with Crippen LogP contribution in [0.3, 0.4) is 0 Å². The fraction of sp³-hybridized carbons (Fsp3) is 0.438. The number of rotatable bonds is 3. The molecule has 1 aliphatic heterocycles. The molecule has 120 valence electrons. The molecule has 6 nitrogen and oxygen atoms in total. The molecule has 0 radical (unpaired) electrons. The number of hydrogen-bond donors (Lipinski definition) is 1. The molecule has 0 bridgehead atoms. The predicted octanol–water partition coefficient (Wildman–Crippen LogP) is 2.36. The number of nitrogens with zero attached hydrogens (tertiary/aromatic N) is 5. The van der Waals surface area contributed by atoms with Gasteiger partial charge in [-0.1, -0.05) is 0 Å². The summed E-state index contributed by atoms with van der Waals surface area (Å²) < 4.78 is 2.05. The first-order valence-corrected chi connectivity index (χ1v) is 8.84. The van der Waals surface area contributed by atoms with Crippen molar-refractivity contribution in [2.24, 2.45) is 11.7 Å². The van der Waals surface area contributed by atoms with E-state index in [9.17, 15) is 0 Å². The summed E-state index contributed by atoms with van der Waals surface area (Å²) in [7, 11) is 0. The fourth-order valence-corrected chi connectivity index (χ4v) is 3.96. The highest BCUT2D eigenvalue weighted by Crippen LogP contribution is 2.29. The van der Waals surface area contributed by atoms with E-state index < -0.39 is 0 Å². The van der Waals surface area contributed by atoms with Gasteiger partial charge in [-0.05, 0) is 38.3 Å². The van der Waals surface area contributed by atoms with Crippen LogP contribution < -0.4 is 10.6 Å². The van der Waals surface area contributed by atoms with Gasteiger partial charge in [0.25, 0.3) is 0 Å². The van der Waals surface area contributed by atoms with E-state index in [1.807, 2.05) is 17.7 Å². The maximum Gasteiger partial charge on any atom is 0.195 e. The minimum absolute atomic E-state index is 0.645. The summed E-state index contributed by atoms with van der Waals surface area (Å²) in [6.45, 7) is 4.81. The molecule has 0 aliphatic carbocycles. The summed E-state index contributed by atoms with van der Waals surface area (Å²) in [6.07, 6.45) is 5.96. The van der Waals surface area contributed by atoms with Gasteiger partial charge in [-0.3, -0.25) is 4.57 Å². The summed E-state index contributed by atoms with van der Waals surface area (Å²) in [5.74, 6) is 1.67. The van der Waals surface area contributed by atoms with E-state index in [-0.39, 0.29) is 0 Å². The molecular formula is C16H20N6S. The number of fused-ring (bicyclic) bond motifs is 1. The summed E-state index contributed by atoms with van der Waals surface area (Å²) in [5.41, 5.74) is 7.75. The Morgan fingerprint density at radius 2 is 2.13 bits per heavy atom. The molecule has 0 atom stereocenters. The molecular weight excluding hydrogens is 308 g/mol. The maximum absolute atomic E-state index is 5.79. The van der Waals surface area contributed by atoms with Crippen LogP contribution >= 0.6 is 11.3 Å². The molecule has 4 heterocycles. The van der Waals surface area contributed by atoms with Gasteiger partial charge in [-0.15, -0.1) is 11.3 Å². The highest BCUT2D eigenvalue weighted by atomic mass is 32.1. The van der Waals surface area contributed by atoms with E-state index >= 15 is 0 Å². The molecule has 0 saturated carbocycles. The lowest BCUT2D eigenvalue weighted by Gasteiger charge is -2.32. The van der Waals surface area contributed by atoms with Gasteiger partial charge in [-0.2, -0.15) is 0 Å². The molecule has 2 N–H and O–H groups in total. The molecule has 0 spiro atoms. The van der Waals surface area contributed by atoms with E-state index in [0.717, 1.165) is 60.2 Å². The quantitative estimate of drug-likeness (QED) is 0.799. The molecule has 23 heavy (non-hydrogen) atoms. The maximum atomic E-state index is 5.79. The van der Waals surface area contributed by atoms with Crippen molar-refractivity contribution in [3.63, 3.8) is 0 Å². The topological polar surface area (TPSA) is 72.9 Å². The van der Waals surface area contributed by atoms with Gasteiger partial charge < -0.3 is 10.6 Å². The fourth-order valence-electron chi connectivity index (χ4n) is 3.18. The van der Waals surface area contributed by atoms with E-state index in [1.165, 1.54) is 0 Å². The summed E-state index contributed by atoms with van der Waals surface area (Å²) >= 11 is 1.63. The van der Waals surface area contributed by atoms with Crippen molar-refractivity contribution in [2.75, 3.05) is 24.5 Å². The molecule has 1 aliphatic rings. The van der Waals surface area contributed by atoms with Crippen LogP contribution in [0.1, 0.15) is 18.5 Å². The first kappa shape index (κ1) is 14.6. The van der Waals surface area contributed by atoms with Crippen molar-refractivity contribution in [1.29, 1.82) is 0 Å². The largest absolute Gasteiger partial charge is 0.356 e. The van der Waals surface area contributed by atoms with Gasteiger partial charge in [0, 0.05) is 24.7 Å². The Morgan fingerprint density at radius 3 is 2.83 bits per heavy atom. The summed E-state index contributed by atoms with van der Waals surface area (Å²) in [5, 5.41) is 4.09. The second-order valence-electron chi connectivity index (χ2n) is 6.06. The standard InChI is InChI=1S/C16H20N6S/c1-11-9-23-16(20-11)22-7-4-13-14(18-10-19-15(13)22)21-5-2-12(8-17)3-6-21/h4,7,9-10,12H,2-3,5-6,8,17H2,1H3. The predicted molar refractivity (Wildman–Crippen MR) is 93.3 cm³/mol. The van der Waals surface area contributed by atoms with Gasteiger partial charge in [-0.25, -0.2) is 15.0 Å². The van der Waals surface area contributed by atoms with Crippen LogP contribution in [0.15, 0.2) is 24.0 Å². The molecule has 1 saturated heterocycles. The molecule has 4 rings (SSSR count).